The summed E-state index contributed by atoms with van der Waals surface area (Å²) in [6, 6.07) is 92.4. The van der Waals surface area contributed by atoms with Gasteiger partial charge in [0.2, 0.25) is 0 Å². The average Bonchev–Trinajstić information content (AvgIpc) is 4.16. The number of fused-ring (bicyclic) bond motifs is 9. The van der Waals surface area contributed by atoms with E-state index in [-0.39, 0.29) is 0 Å². The summed E-state index contributed by atoms with van der Waals surface area (Å²) in [5.41, 5.74) is 17.6. The number of furan rings is 1. The van der Waals surface area contributed by atoms with Crippen molar-refractivity contribution in [2.75, 3.05) is 0 Å². The predicted octanol–water partition coefficient (Wildman–Crippen LogP) is 18.0. The molecule has 0 aliphatic heterocycles. The second kappa shape index (κ2) is 17.3. The predicted molar refractivity (Wildman–Crippen MR) is 308 cm³/mol. The number of aromatic nitrogens is 5. The molecule has 0 amide bonds. The zero-order valence-electron chi connectivity index (χ0n) is 40.5. The molecule has 0 saturated carbocycles. The fraction of sp³-hybridized carbons (Fsp3) is 0. The molecule has 0 aliphatic carbocycles. The van der Waals surface area contributed by atoms with Crippen LogP contribution in [0.4, 0.5) is 0 Å². The summed E-state index contributed by atoms with van der Waals surface area (Å²) in [6.45, 7) is 0. The second-order valence-electron chi connectivity index (χ2n) is 19.1. The monoisotopic (exact) mass is 957 g/mol. The van der Waals surface area contributed by atoms with Gasteiger partial charge in [0.1, 0.15) is 11.2 Å². The Hall–Kier alpha value is -10.2. The zero-order valence-corrected chi connectivity index (χ0v) is 40.5. The molecule has 0 atom stereocenters. The van der Waals surface area contributed by atoms with Crippen molar-refractivity contribution >= 4 is 65.6 Å². The molecule has 4 heterocycles. The summed E-state index contributed by atoms with van der Waals surface area (Å²) in [6.07, 6.45) is 0. The highest BCUT2D eigenvalue weighted by atomic mass is 16.3. The van der Waals surface area contributed by atoms with Crippen LogP contribution in [0.15, 0.2) is 265 Å². The summed E-state index contributed by atoms with van der Waals surface area (Å²) in [7, 11) is 0. The lowest BCUT2D eigenvalue weighted by molar-refractivity contribution is 0.670. The van der Waals surface area contributed by atoms with Gasteiger partial charge in [-0.3, -0.25) is 0 Å². The van der Waals surface area contributed by atoms with E-state index >= 15 is 0 Å². The maximum absolute atomic E-state index is 7.09. The van der Waals surface area contributed by atoms with Gasteiger partial charge in [0.15, 0.2) is 17.5 Å². The van der Waals surface area contributed by atoms with Crippen LogP contribution in [0.1, 0.15) is 0 Å². The Kier molecular flexibility index (Phi) is 9.78. The van der Waals surface area contributed by atoms with Gasteiger partial charge in [-0.05, 0) is 101 Å². The van der Waals surface area contributed by atoms with Crippen LogP contribution < -0.4 is 0 Å². The maximum Gasteiger partial charge on any atom is 0.164 e. The third-order valence-electron chi connectivity index (χ3n) is 14.8. The first kappa shape index (κ1) is 42.5. The smallest absolute Gasteiger partial charge is 0.164 e. The average molecular weight is 958 g/mol. The van der Waals surface area contributed by atoms with Gasteiger partial charge >= 0.3 is 0 Å². The van der Waals surface area contributed by atoms with Crippen molar-refractivity contribution in [3.05, 3.63) is 261 Å². The van der Waals surface area contributed by atoms with E-state index in [0.29, 0.717) is 17.5 Å². The fourth-order valence-electron chi connectivity index (χ4n) is 11.3. The third-order valence-corrected chi connectivity index (χ3v) is 14.8. The Balaban J connectivity index is 0.961. The van der Waals surface area contributed by atoms with E-state index in [2.05, 4.69) is 203 Å². The summed E-state index contributed by atoms with van der Waals surface area (Å²) in [4.78, 5) is 15.5. The van der Waals surface area contributed by atoms with E-state index in [1.165, 1.54) is 38.1 Å². The van der Waals surface area contributed by atoms with E-state index in [9.17, 15) is 0 Å². The number of hydrogen-bond donors (Lipinski definition) is 0. The van der Waals surface area contributed by atoms with E-state index in [4.69, 9.17) is 19.4 Å². The highest BCUT2D eigenvalue weighted by Crippen LogP contribution is 2.45. The van der Waals surface area contributed by atoms with Gasteiger partial charge in [-0.2, -0.15) is 0 Å². The van der Waals surface area contributed by atoms with Gasteiger partial charge in [0.05, 0.1) is 22.1 Å². The van der Waals surface area contributed by atoms with Gasteiger partial charge in [-0.1, -0.05) is 188 Å². The van der Waals surface area contributed by atoms with Crippen LogP contribution in [0.5, 0.6) is 0 Å². The molecule has 15 aromatic rings. The quantitative estimate of drug-likeness (QED) is 0.152. The molecule has 0 radical (unpaired) electrons. The molecule has 6 heteroatoms. The van der Waals surface area contributed by atoms with Crippen LogP contribution in [0, 0.1) is 0 Å². The van der Waals surface area contributed by atoms with Crippen LogP contribution in [0.2, 0.25) is 0 Å². The van der Waals surface area contributed by atoms with Crippen LogP contribution in [-0.4, -0.2) is 24.1 Å². The molecule has 15 rings (SSSR count). The Bertz CT molecular complexity index is 4630. The van der Waals surface area contributed by atoms with Crippen molar-refractivity contribution in [2.24, 2.45) is 0 Å². The van der Waals surface area contributed by atoms with E-state index in [1.807, 2.05) is 66.7 Å². The van der Waals surface area contributed by atoms with Crippen LogP contribution >= 0.6 is 0 Å². The molecular formula is C69H43N5O. The van der Waals surface area contributed by atoms with E-state index < -0.39 is 0 Å². The first-order chi connectivity index (χ1) is 37.2. The summed E-state index contributed by atoms with van der Waals surface area (Å²) in [5, 5.41) is 6.71. The minimum atomic E-state index is 0.571. The van der Waals surface area contributed by atoms with Crippen molar-refractivity contribution in [3.8, 4) is 78.9 Å². The Morgan fingerprint density at radius 1 is 0.267 bits per heavy atom. The lowest BCUT2D eigenvalue weighted by atomic mass is 9.96. The molecule has 0 aliphatic rings. The van der Waals surface area contributed by atoms with Gasteiger partial charge in [0.25, 0.3) is 0 Å². The van der Waals surface area contributed by atoms with Crippen molar-refractivity contribution in [1.82, 2.24) is 24.1 Å². The molecule has 350 valence electrons. The molecule has 0 bridgehead atoms. The summed E-state index contributed by atoms with van der Waals surface area (Å²) >= 11 is 0. The Morgan fingerprint density at radius 2 is 0.733 bits per heavy atom. The molecule has 0 saturated heterocycles. The molecule has 75 heavy (non-hydrogen) atoms. The normalized spacial score (nSPS) is 11.7. The molecule has 6 nitrogen and oxygen atoms in total. The van der Waals surface area contributed by atoms with Crippen LogP contribution in [0.25, 0.3) is 144 Å². The van der Waals surface area contributed by atoms with Gasteiger partial charge in [0, 0.05) is 65.9 Å². The molecule has 11 aromatic carbocycles. The van der Waals surface area contributed by atoms with E-state index in [0.717, 1.165) is 88.9 Å². The lowest BCUT2D eigenvalue weighted by Crippen LogP contribution is -2.00. The van der Waals surface area contributed by atoms with E-state index in [1.54, 1.807) is 0 Å². The summed E-state index contributed by atoms with van der Waals surface area (Å²) < 4.78 is 11.9. The van der Waals surface area contributed by atoms with Crippen molar-refractivity contribution in [1.29, 1.82) is 0 Å². The zero-order chi connectivity index (χ0) is 49.4. The van der Waals surface area contributed by atoms with Gasteiger partial charge in [-0.25, -0.2) is 15.0 Å². The standard InChI is InChI=1S/C69H43N5O/c1-5-19-44(20-6-1)47-25-17-26-50(39-47)56-42-52(43-59-65-55(31-18-34-64(65)75-66(56)59)69-71-67(45-21-7-2-8-22-45)70-68(72-69)46-23-9-3-10-24-46)74-61-33-16-14-30-54(61)58-41-49(36-38-63(58)74)48-35-37-62-57(40-48)53-29-13-15-32-60(53)73(62)51-27-11-4-12-28-51/h1-43H. The second-order valence-corrected chi connectivity index (χ2v) is 19.1. The number of para-hydroxylation sites is 3. The SMILES string of the molecule is c1ccc(-c2cccc(-c3cc(-n4c5ccccc5c5cc(-c6ccc7c(c6)c6ccccc6n7-c6ccccc6)ccc54)cc4c3oc3cccc(-c5nc(-c6ccccc6)nc(-c6ccccc6)n5)c34)c2)cc1. The third kappa shape index (κ3) is 7.07. The first-order valence-electron chi connectivity index (χ1n) is 25.3. The number of nitrogens with zero attached hydrogens (tertiary/aromatic N) is 5. The number of benzene rings is 11. The molecule has 0 N–H and O–H groups in total. The Morgan fingerprint density at radius 3 is 1.35 bits per heavy atom. The number of rotatable bonds is 8. The highest BCUT2D eigenvalue weighted by Gasteiger charge is 2.23. The largest absolute Gasteiger partial charge is 0.455 e. The molecule has 4 aromatic heterocycles. The maximum atomic E-state index is 7.09. The topological polar surface area (TPSA) is 61.7 Å². The van der Waals surface area contributed by atoms with Crippen LogP contribution in [0.3, 0.4) is 0 Å². The molecule has 0 spiro atoms. The van der Waals surface area contributed by atoms with Gasteiger partial charge < -0.3 is 13.6 Å². The van der Waals surface area contributed by atoms with Crippen molar-refractivity contribution in [2.45, 2.75) is 0 Å². The molecule has 0 unspecified atom stereocenters. The number of hydrogen-bond acceptors (Lipinski definition) is 4. The Labute approximate surface area is 431 Å². The molecule has 0 fully saturated rings. The van der Waals surface area contributed by atoms with Gasteiger partial charge in [-0.15, -0.1) is 0 Å². The lowest BCUT2D eigenvalue weighted by Gasteiger charge is -2.13. The van der Waals surface area contributed by atoms with Crippen LogP contribution in [-0.2, 0) is 0 Å². The molecular weight excluding hydrogens is 915 g/mol. The summed E-state index contributed by atoms with van der Waals surface area (Å²) in [5.74, 6) is 1.78. The highest BCUT2D eigenvalue weighted by molar-refractivity contribution is 6.17. The van der Waals surface area contributed by atoms with Crippen molar-refractivity contribution in [3.63, 3.8) is 0 Å². The van der Waals surface area contributed by atoms with Crippen molar-refractivity contribution < 1.29 is 4.42 Å². The first-order valence-corrected chi connectivity index (χ1v) is 25.3. The minimum Gasteiger partial charge on any atom is -0.455 e. The minimum absolute atomic E-state index is 0.571. The fourth-order valence-corrected chi connectivity index (χ4v) is 11.3.